The van der Waals surface area contributed by atoms with Crippen molar-refractivity contribution in [2.24, 2.45) is 5.73 Å². The van der Waals surface area contributed by atoms with Gasteiger partial charge in [-0.3, -0.25) is 4.79 Å². The van der Waals surface area contributed by atoms with Gasteiger partial charge in [-0.05, 0) is 18.6 Å². The van der Waals surface area contributed by atoms with Gasteiger partial charge in [0, 0.05) is 19.3 Å². The van der Waals surface area contributed by atoms with E-state index in [-0.39, 0.29) is 12.0 Å². The molecule has 1 rings (SSSR count). The van der Waals surface area contributed by atoms with E-state index >= 15 is 0 Å². The Kier molecular flexibility index (Phi) is 7.10. The van der Waals surface area contributed by atoms with Gasteiger partial charge in [0.25, 0.3) is 0 Å². The summed E-state index contributed by atoms with van der Waals surface area (Å²) >= 11 is 0. The number of anilines is 1. The normalized spacial score (nSPS) is 12.2. The molecule has 3 N–H and O–H groups in total. The highest BCUT2D eigenvalue weighted by atomic mass is 16.5. The first-order valence-corrected chi connectivity index (χ1v) is 6.35. The number of hydrogen-bond donors (Lipinski definition) is 2. The second-order valence-electron chi connectivity index (χ2n) is 4.30. The van der Waals surface area contributed by atoms with Crippen LogP contribution in [0.1, 0.15) is 18.9 Å². The fraction of sp³-hybridized carbons (Fsp3) is 0.500. The van der Waals surface area contributed by atoms with Gasteiger partial charge < -0.3 is 20.5 Å². The minimum Gasteiger partial charge on any atom is -0.382 e. The number of ether oxygens (including phenoxy) is 2. The number of carbonyl (C=O) groups excluding carboxylic acids is 1. The number of hydrogen-bond acceptors (Lipinski definition) is 4. The van der Waals surface area contributed by atoms with Crippen molar-refractivity contribution in [2.75, 3.05) is 25.6 Å². The van der Waals surface area contributed by atoms with Crippen molar-refractivity contribution >= 4 is 11.6 Å². The van der Waals surface area contributed by atoms with E-state index in [4.69, 9.17) is 15.2 Å². The molecule has 0 bridgehead atoms. The summed E-state index contributed by atoms with van der Waals surface area (Å²) in [6.45, 7) is 3.21. The van der Waals surface area contributed by atoms with Crippen LogP contribution in [0.5, 0.6) is 0 Å². The summed E-state index contributed by atoms with van der Waals surface area (Å²) in [5, 5.41) is 2.84. The molecule has 106 valence electrons. The van der Waals surface area contributed by atoms with E-state index in [1.807, 2.05) is 31.2 Å². The van der Waals surface area contributed by atoms with Crippen LogP contribution < -0.4 is 11.1 Å². The predicted molar refractivity (Wildman–Crippen MR) is 74.9 cm³/mol. The fourth-order valence-corrected chi connectivity index (χ4v) is 1.67. The highest BCUT2D eigenvalue weighted by Crippen LogP contribution is 2.14. The van der Waals surface area contributed by atoms with E-state index in [1.165, 1.54) is 0 Å². The van der Waals surface area contributed by atoms with Crippen LogP contribution in [0.2, 0.25) is 0 Å². The van der Waals surface area contributed by atoms with Crippen molar-refractivity contribution in [1.29, 1.82) is 0 Å². The van der Waals surface area contributed by atoms with Crippen LogP contribution in [0.4, 0.5) is 5.69 Å². The molecule has 0 radical (unpaired) electrons. The average molecular weight is 266 g/mol. The number of benzene rings is 1. The molecule has 0 aliphatic carbocycles. The SMILES string of the molecule is COCC(C)OCCC(=O)Nc1ccccc1CN. The van der Waals surface area contributed by atoms with Gasteiger partial charge in [-0.15, -0.1) is 0 Å². The molecule has 1 aromatic rings. The van der Waals surface area contributed by atoms with Gasteiger partial charge in [0.1, 0.15) is 0 Å². The zero-order chi connectivity index (χ0) is 14.1. The monoisotopic (exact) mass is 266 g/mol. The van der Waals surface area contributed by atoms with Gasteiger partial charge >= 0.3 is 0 Å². The maximum Gasteiger partial charge on any atom is 0.226 e. The molecule has 0 saturated carbocycles. The molecule has 0 spiro atoms. The molecule has 0 aromatic heterocycles. The lowest BCUT2D eigenvalue weighted by Crippen LogP contribution is -2.20. The minimum atomic E-state index is -0.0782. The number of rotatable bonds is 8. The molecule has 0 aliphatic rings. The highest BCUT2D eigenvalue weighted by molar-refractivity contribution is 5.91. The van der Waals surface area contributed by atoms with Crippen molar-refractivity contribution in [3.63, 3.8) is 0 Å². The van der Waals surface area contributed by atoms with E-state index < -0.39 is 0 Å². The lowest BCUT2D eigenvalue weighted by molar-refractivity contribution is -0.117. The Balaban J connectivity index is 2.35. The molecular weight excluding hydrogens is 244 g/mol. The van der Waals surface area contributed by atoms with E-state index in [1.54, 1.807) is 7.11 Å². The van der Waals surface area contributed by atoms with Crippen molar-refractivity contribution < 1.29 is 14.3 Å². The van der Waals surface area contributed by atoms with Crippen LogP contribution in [-0.2, 0) is 20.8 Å². The van der Waals surface area contributed by atoms with Crippen molar-refractivity contribution in [3.8, 4) is 0 Å². The lowest BCUT2D eigenvalue weighted by Gasteiger charge is -2.12. The van der Waals surface area contributed by atoms with Crippen LogP contribution in [0.15, 0.2) is 24.3 Å². The predicted octanol–water partition coefficient (Wildman–Crippen LogP) is 1.53. The van der Waals surface area contributed by atoms with Gasteiger partial charge in [0.2, 0.25) is 5.91 Å². The quantitative estimate of drug-likeness (QED) is 0.748. The minimum absolute atomic E-state index is 0.00544. The third kappa shape index (κ3) is 5.83. The summed E-state index contributed by atoms with van der Waals surface area (Å²) in [4.78, 5) is 11.8. The topological polar surface area (TPSA) is 73.6 Å². The van der Waals surface area contributed by atoms with E-state index in [2.05, 4.69) is 5.32 Å². The Morgan fingerprint density at radius 3 is 2.84 bits per heavy atom. The number of carbonyl (C=O) groups is 1. The second-order valence-corrected chi connectivity index (χ2v) is 4.30. The lowest BCUT2D eigenvalue weighted by atomic mass is 10.2. The molecule has 0 aliphatic heterocycles. The number of amides is 1. The molecule has 19 heavy (non-hydrogen) atoms. The van der Waals surface area contributed by atoms with Gasteiger partial charge in [0.05, 0.1) is 25.7 Å². The molecule has 1 amide bonds. The summed E-state index contributed by atoms with van der Waals surface area (Å²) in [7, 11) is 1.62. The third-order valence-corrected chi connectivity index (χ3v) is 2.64. The number of nitrogens with one attached hydrogen (secondary N) is 1. The van der Waals surface area contributed by atoms with Gasteiger partial charge in [-0.1, -0.05) is 18.2 Å². The summed E-state index contributed by atoms with van der Waals surface area (Å²) in [6, 6.07) is 7.50. The maximum atomic E-state index is 11.8. The molecule has 5 heteroatoms. The Labute approximate surface area is 114 Å². The smallest absolute Gasteiger partial charge is 0.226 e. The molecule has 5 nitrogen and oxygen atoms in total. The second kappa shape index (κ2) is 8.63. The first kappa shape index (κ1) is 15.6. The Bertz CT molecular complexity index is 396. The van der Waals surface area contributed by atoms with Crippen molar-refractivity contribution in [1.82, 2.24) is 0 Å². The Hall–Kier alpha value is -1.43. The Morgan fingerprint density at radius 1 is 1.42 bits per heavy atom. The maximum absolute atomic E-state index is 11.8. The van der Waals surface area contributed by atoms with E-state index in [0.717, 1.165) is 11.3 Å². The van der Waals surface area contributed by atoms with Gasteiger partial charge in [-0.25, -0.2) is 0 Å². The van der Waals surface area contributed by atoms with Crippen LogP contribution in [0, 0.1) is 0 Å². The number of nitrogens with two attached hydrogens (primary N) is 1. The van der Waals surface area contributed by atoms with E-state index in [0.29, 0.717) is 26.2 Å². The van der Waals surface area contributed by atoms with Crippen LogP contribution in [-0.4, -0.2) is 32.3 Å². The number of para-hydroxylation sites is 1. The third-order valence-electron chi connectivity index (χ3n) is 2.64. The van der Waals surface area contributed by atoms with Crippen molar-refractivity contribution in [2.45, 2.75) is 26.0 Å². The number of methoxy groups -OCH3 is 1. The zero-order valence-electron chi connectivity index (χ0n) is 11.5. The summed E-state index contributed by atoms with van der Waals surface area (Å²) in [6.07, 6.45) is 0.307. The molecule has 1 aromatic carbocycles. The molecular formula is C14H22N2O3. The first-order valence-electron chi connectivity index (χ1n) is 6.35. The fourth-order valence-electron chi connectivity index (χ4n) is 1.67. The summed E-state index contributed by atoms with van der Waals surface area (Å²) in [5.41, 5.74) is 7.29. The molecule has 0 heterocycles. The molecule has 0 saturated heterocycles. The first-order chi connectivity index (χ1) is 9.17. The summed E-state index contributed by atoms with van der Waals surface area (Å²) in [5.74, 6) is -0.0782. The standard InChI is InChI=1S/C14H22N2O3/c1-11(10-18-2)19-8-7-14(17)16-13-6-4-3-5-12(13)9-15/h3-6,11H,7-10,15H2,1-2H3,(H,16,17). The largest absolute Gasteiger partial charge is 0.382 e. The van der Waals surface area contributed by atoms with E-state index in [9.17, 15) is 4.79 Å². The molecule has 0 fully saturated rings. The average Bonchev–Trinajstić information content (AvgIpc) is 2.39. The molecule has 1 unspecified atom stereocenters. The highest BCUT2D eigenvalue weighted by Gasteiger charge is 2.07. The van der Waals surface area contributed by atoms with Crippen LogP contribution in [0.25, 0.3) is 0 Å². The van der Waals surface area contributed by atoms with Gasteiger partial charge in [0.15, 0.2) is 0 Å². The van der Waals surface area contributed by atoms with Crippen LogP contribution in [0.3, 0.4) is 0 Å². The summed E-state index contributed by atoms with van der Waals surface area (Å²) < 4.78 is 10.4. The molecule has 1 atom stereocenters. The zero-order valence-corrected chi connectivity index (χ0v) is 11.5. The van der Waals surface area contributed by atoms with Crippen LogP contribution >= 0.6 is 0 Å². The van der Waals surface area contributed by atoms with Crippen molar-refractivity contribution in [3.05, 3.63) is 29.8 Å². The Morgan fingerprint density at radius 2 is 2.16 bits per heavy atom. The van der Waals surface area contributed by atoms with Gasteiger partial charge in [-0.2, -0.15) is 0 Å².